The standard InChI is InChI=1S/C22H19F4N3O5/c1-12-6-14(23)3-5-18(12)34-19-7-13(22(24,25)26)2-4-17(19)21(32)28-15-8-20(29-27-9-15)33-11-16(31)10-30/h2-9,16,30-31H,10-11H2,1H3,(H,28,29,32). The first-order chi connectivity index (χ1) is 16.1. The van der Waals surface area contributed by atoms with Crippen molar-refractivity contribution in [3.8, 4) is 17.4 Å². The van der Waals surface area contributed by atoms with Gasteiger partial charge in [-0.3, -0.25) is 4.79 Å². The van der Waals surface area contributed by atoms with Crippen molar-refractivity contribution in [1.29, 1.82) is 0 Å². The second-order valence-corrected chi connectivity index (χ2v) is 7.10. The summed E-state index contributed by atoms with van der Waals surface area (Å²) in [7, 11) is 0. The third-order valence-electron chi connectivity index (χ3n) is 4.43. The number of nitrogens with one attached hydrogen (secondary N) is 1. The van der Waals surface area contributed by atoms with Crippen molar-refractivity contribution in [1.82, 2.24) is 10.2 Å². The summed E-state index contributed by atoms with van der Waals surface area (Å²) < 4.78 is 63.9. The van der Waals surface area contributed by atoms with Crippen LogP contribution in [0.1, 0.15) is 21.5 Å². The molecule has 0 radical (unpaired) electrons. The van der Waals surface area contributed by atoms with Crippen molar-refractivity contribution >= 4 is 11.6 Å². The second-order valence-electron chi connectivity index (χ2n) is 7.10. The van der Waals surface area contributed by atoms with Crippen LogP contribution in [0.5, 0.6) is 17.4 Å². The van der Waals surface area contributed by atoms with Gasteiger partial charge in [0.2, 0.25) is 5.88 Å². The van der Waals surface area contributed by atoms with Gasteiger partial charge in [-0.1, -0.05) is 0 Å². The summed E-state index contributed by atoms with van der Waals surface area (Å²) in [6.45, 7) is 0.689. The summed E-state index contributed by atoms with van der Waals surface area (Å²) in [5.74, 6) is -1.78. The second kappa shape index (κ2) is 10.4. The van der Waals surface area contributed by atoms with Gasteiger partial charge in [0.15, 0.2) is 0 Å². The number of carbonyl (C=O) groups is 1. The normalized spacial score (nSPS) is 12.2. The summed E-state index contributed by atoms with van der Waals surface area (Å²) in [5, 5.41) is 27.9. The van der Waals surface area contributed by atoms with Gasteiger partial charge in [0.1, 0.15) is 30.0 Å². The topological polar surface area (TPSA) is 114 Å². The Balaban J connectivity index is 1.88. The van der Waals surface area contributed by atoms with Crippen molar-refractivity contribution in [2.75, 3.05) is 18.5 Å². The van der Waals surface area contributed by atoms with E-state index in [9.17, 15) is 27.5 Å². The van der Waals surface area contributed by atoms with E-state index in [4.69, 9.17) is 14.6 Å². The van der Waals surface area contributed by atoms with Crippen LogP contribution in [0.4, 0.5) is 23.2 Å². The maximum Gasteiger partial charge on any atom is 0.416 e. The van der Waals surface area contributed by atoms with Gasteiger partial charge in [0.25, 0.3) is 5.91 Å². The number of hydrogen-bond donors (Lipinski definition) is 3. The molecule has 0 aliphatic heterocycles. The lowest BCUT2D eigenvalue weighted by molar-refractivity contribution is -0.137. The summed E-state index contributed by atoms with van der Waals surface area (Å²) in [6.07, 6.45) is -4.67. The third-order valence-corrected chi connectivity index (χ3v) is 4.43. The number of aryl methyl sites for hydroxylation is 1. The molecule has 0 saturated carbocycles. The van der Waals surface area contributed by atoms with Crippen LogP contribution >= 0.6 is 0 Å². The Labute approximate surface area is 190 Å². The number of hydrogen-bond acceptors (Lipinski definition) is 7. The highest BCUT2D eigenvalue weighted by atomic mass is 19.4. The van der Waals surface area contributed by atoms with Crippen LogP contribution in [0.15, 0.2) is 48.7 Å². The highest BCUT2D eigenvalue weighted by Crippen LogP contribution is 2.36. The van der Waals surface area contributed by atoms with Crippen LogP contribution in [0, 0.1) is 12.7 Å². The molecule has 0 fully saturated rings. The van der Waals surface area contributed by atoms with Gasteiger partial charge in [-0.25, -0.2) is 4.39 Å². The molecule has 1 unspecified atom stereocenters. The van der Waals surface area contributed by atoms with E-state index < -0.39 is 41.9 Å². The van der Waals surface area contributed by atoms with Crippen LogP contribution in [0.2, 0.25) is 0 Å². The first kappa shape index (κ1) is 24.9. The lowest BCUT2D eigenvalue weighted by Gasteiger charge is -2.16. The van der Waals surface area contributed by atoms with E-state index in [1.807, 2.05) is 0 Å². The zero-order valence-electron chi connectivity index (χ0n) is 17.6. The molecule has 12 heteroatoms. The highest BCUT2D eigenvalue weighted by molar-refractivity contribution is 6.06. The molecule has 1 aromatic heterocycles. The van der Waals surface area contributed by atoms with Crippen molar-refractivity contribution in [2.45, 2.75) is 19.2 Å². The van der Waals surface area contributed by atoms with Gasteiger partial charge in [0.05, 0.1) is 29.6 Å². The molecule has 3 rings (SSSR count). The van der Waals surface area contributed by atoms with E-state index in [2.05, 4.69) is 15.5 Å². The van der Waals surface area contributed by atoms with Crippen molar-refractivity contribution in [3.63, 3.8) is 0 Å². The zero-order valence-corrected chi connectivity index (χ0v) is 17.6. The predicted molar refractivity (Wildman–Crippen MR) is 111 cm³/mol. The first-order valence-electron chi connectivity index (χ1n) is 9.78. The van der Waals surface area contributed by atoms with Gasteiger partial charge < -0.3 is 25.0 Å². The Bertz CT molecular complexity index is 1170. The average Bonchev–Trinajstić information content (AvgIpc) is 2.78. The minimum Gasteiger partial charge on any atom is -0.474 e. The van der Waals surface area contributed by atoms with E-state index in [1.54, 1.807) is 0 Å². The number of nitrogens with zero attached hydrogens (tertiary/aromatic N) is 2. The number of carbonyl (C=O) groups excluding carboxylic acids is 1. The number of aromatic nitrogens is 2. The molecule has 34 heavy (non-hydrogen) atoms. The van der Waals surface area contributed by atoms with Crippen LogP contribution in [-0.2, 0) is 6.18 Å². The maximum atomic E-state index is 13.4. The Kier molecular flexibility index (Phi) is 7.64. The summed E-state index contributed by atoms with van der Waals surface area (Å²) >= 11 is 0. The molecule has 1 amide bonds. The fourth-order valence-corrected chi connectivity index (χ4v) is 2.74. The van der Waals surface area contributed by atoms with Crippen LogP contribution in [-0.4, -0.2) is 45.6 Å². The lowest BCUT2D eigenvalue weighted by atomic mass is 10.1. The molecule has 0 aliphatic carbocycles. The number of aliphatic hydroxyl groups excluding tert-OH is 2. The SMILES string of the molecule is Cc1cc(F)ccc1Oc1cc(C(F)(F)F)ccc1C(=O)Nc1cnnc(OCC(O)CO)c1. The van der Waals surface area contributed by atoms with Crippen molar-refractivity contribution in [2.24, 2.45) is 0 Å². The summed E-state index contributed by atoms with van der Waals surface area (Å²) in [4.78, 5) is 12.9. The van der Waals surface area contributed by atoms with Crippen LogP contribution in [0.25, 0.3) is 0 Å². The molecule has 0 saturated heterocycles. The quantitative estimate of drug-likeness (QED) is 0.420. The van der Waals surface area contributed by atoms with E-state index in [1.165, 1.54) is 25.3 Å². The molecule has 1 atom stereocenters. The fourth-order valence-electron chi connectivity index (χ4n) is 2.74. The molecule has 0 bridgehead atoms. The number of benzene rings is 2. The van der Waals surface area contributed by atoms with E-state index in [-0.39, 0.29) is 29.5 Å². The molecule has 2 aromatic carbocycles. The zero-order chi connectivity index (χ0) is 24.9. The van der Waals surface area contributed by atoms with E-state index in [0.29, 0.717) is 11.6 Å². The number of aliphatic hydroxyl groups is 2. The molecule has 0 spiro atoms. The number of ether oxygens (including phenoxy) is 2. The maximum absolute atomic E-state index is 13.4. The predicted octanol–water partition coefficient (Wildman–Crippen LogP) is 3.72. The molecule has 0 aliphatic rings. The number of rotatable bonds is 8. The minimum absolute atomic E-state index is 0.0680. The number of amides is 1. The van der Waals surface area contributed by atoms with Crippen molar-refractivity contribution < 1.29 is 42.0 Å². The number of anilines is 1. The average molecular weight is 481 g/mol. The largest absolute Gasteiger partial charge is 0.474 e. The number of halogens is 4. The Morgan fingerprint density at radius 3 is 2.59 bits per heavy atom. The van der Waals surface area contributed by atoms with Gasteiger partial charge in [0, 0.05) is 6.07 Å². The molecule has 1 heterocycles. The molecule has 3 aromatic rings. The first-order valence-corrected chi connectivity index (χ1v) is 9.78. The minimum atomic E-state index is -4.69. The molecule has 8 nitrogen and oxygen atoms in total. The Morgan fingerprint density at radius 1 is 1.15 bits per heavy atom. The van der Waals surface area contributed by atoms with Gasteiger partial charge in [-0.2, -0.15) is 18.3 Å². The molecular weight excluding hydrogens is 462 g/mol. The van der Waals surface area contributed by atoms with Crippen LogP contribution < -0.4 is 14.8 Å². The summed E-state index contributed by atoms with van der Waals surface area (Å²) in [6, 6.07) is 7.08. The fraction of sp³-hybridized carbons (Fsp3) is 0.227. The smallest absolute Gasteiger partial charge is 0.416 e. The Hall–Kier alpha value is -3.77. The van der Waals surface area contributed by atoms with E-state index >= 15 is 0 Å². The highest BCUT2D eigenvalue weighted by Gasteiger charge is 2.32. The van der Waals surface area contributed by atoms with Gasteiger partial charge in [-0.05, 0) is 48.9 Å². The molecule has 3 N–H and O–H groups in total. The lowest BCUT2D eigenvalue weighted by Crippen LogP contribution is -2.21. The Morgan fingerprint density at radius 2 is 1.91 bits per heavy atom. The van der Waals surface area contributed by atoms with Crippen LogP contribution in [0.3, 0.4) is 0 Å². The monoisotopic (exact) mass is 481 g/mol. The number of alkyl halides is 3. The van der Waals surface area contributed by atoms with Gasteiger partial charge >= 0.3 is 6.18 Å². The van der Waals surface area contributed by atoms with Gasteiger partial charge in [-0.15, -0.1) is 5.10 Å². The molecular formula is C22H19F4N3O5. The summed E-state index contributed by atoms with van der Waals surface area (Å²) in [5.41, 5.74) is -0.861. The molecule has 180 valence electrons. The van der Waals surface area contributed by atoms with Crippen molar-refractivity contribution in [3.05, 3.63) is 71.2 Å². The van der Waals surface area contributed by atoms with E-state index in [0.717, 1.165) is 24.3 Å². The third kappa shape index (κ3) is 6.39.